The number of anilines is 2. The zero-order valence-corrected chi connectivity index (χ0v) is 17.7. The van der Waals surface area contributed by atoms with Crippen LogP contribution in [0.4, 0.5) is 16.3 Å². The molecule has 0 radical (unpaired) electrons. The summed E-state index contributed by atoms with van der Waals surface area (Å²) in [6, 6.07) is 7.91. The molecule has 7 nitrogen and oxygen atoms in total. The molecular formula is C22H31N5O2. The Balaban J connectivity index is 1.89. The van der Waals surface area contributed by atoms with Gasteiger partial charge in [0.1, 0.15) is 6.23 Å². The number of aromatic nitrogens is 2. The molecule has 7 heteroatoms. The van der Waals surface area contributed by atoms with Crippen LogP contribution in [-0.4, -0.2) is 51.4 Å². The molecule has 0 aliphatic carbocycles. The van der Waals surface area contributed by atoms with E-state index in [1.165, 1.54) is 0 Å². The zero-order valence-electron chi connectivity index (χ0n) is 17.7. The van der Waals surface area contributed by atoms with Gasteiger partial charge in [0.15, 0.2) is 5.82 Å². The molecule has 2 aromatic rings. The Morgan fingerprint density at radius 1 is 1.17 bits per heavy atom. The molecule has 1 aliphatic rings. The van der Waals surface area contributed by atoms with Gasteiger partial charge >= 0.3 is 6.03 Å². The summed E-state index contributed by atoms with van der Waals surface area (Å²) in [5.41, 5.74) is 2.86. The van der Waals surface area contributed by atoms with Gasteiger partial charge in [0.25, 0.3) is 0 Å². The van der Waals surface area contributed by atoms with Crippen molar-refractivity contribution < 1.29 is 9.90 Å². The van der Waals surface area contributed by atoms with E-state index in [9.17, 15) is 9.90 Å². The van der Waals surface area contributed by atoms with Crippen molar-refractivity contribution in [2.24, 2.45) is 0 Å². The monoisotopic (exact) mass is 397 g/mol. The molecule has 2 N–H and O–H groups in total. The van der Waals surface area contributed by atoms with Gasteiger partial charge in [0, 0.05) is 24.8 Å². The maximum Gasteiger partial charge on any atom is 0.327 e. The first-order valence-electron chi connectivity index (χ1n) is 10.3. The number of nitrogens with one attached hydrogen (secondary N) is 1. The Morgan fingerprint density at radius 2 is 1.86 bits per heavy atom. The van der Waals surface area contributed by atoms with Crippen molar-refractivity contribution in [3.63, 3.8) is 0 Å². The minimum atomic E-state index is -0.469. The van der Waals surface area contributed by atoms with Crippen LogP contribution in [0.15, 0.2) is 36.7 Å². The van der Waals surface area contributed by atoms with Gasteiger partial charge in [-0.2, -0.15) is 0 Å². The maximum atomic E-state index is 13.4. The average Bonchev–Trinajstić information content (AvgIpc) is 2.70. The van der Waals surface area contributed by atoms with Gasteiger partial charge in [-0.15, -0.1) is 0 Å². The third-order valence-corrected chi connectivity index (χ3v) is 5.45. The molecule has 1 unspecified atom stereocenters. The number of nitrogens with zero attached hydrogens (tertiary/aromatic N) is 4. The van der Waals surface area contributed by atoms with Gasteiger partial charge in [-0.25, -0.2) is 9.78 Å². The van der Waals surface area contributed by atoms with Gasteiger partial charge in [0.05, 0.1) is 18.1 Å². The summed E-state index contributed by atoms with van der Waals surface area (Å²) < 4.78 is 0. The van der Waals surface area contributed by atoms with E-state index >= 15 is 0 Å². The molecule has 0 saturated carbocycles. The molecule has 2 amide bonds. The minimum Gasteiger partial charge on any atom is -0.379 e. The number of carbonyl (C=O) groups is 1. The van der Waals surface area contributed by atoms with Crippen LogP contribution >= 0.6 is 0 Å². The van der Waals surface area contributed by atoms with Crippen LogP contribution in [0, 0.1) is 6.92 Å². The lowest BCUT2D eigenvalue weighted by Crippen LogP contribution is -2.51. The first kappa shape index (κ1) is 21.2. The zero-order chi connectivity index (χ0) is 21.0. The molecule has 3 rings (SSSR count). The van der Waals surface area contributed by atoms with Crippen molar-refractivity contribution in [3.8, 4) is 0 Å². The number of aliphatic hydroxyl groups is 1. The van der Waals surface area contributed by atoms with Gasteiger partial charge < -0.3 is 5.11 Å². The molecule has 156 valence electrons. The second-order valence-electron chi connectivity index (χ2n) is 7.96. The van der Waals surface area contributed by atoms with E-state index in [-0.39, 0.29) is 12.1 Å². The maximum absolute atomic E-state index is 13.4. The molecule has 1 aliphatic heterocycles. The highest BCUT2D eigenvalue weighted by molar-refractivity contribution is 6.02. The van der Waals surface area contributed by atoms with Gasteiger partial charge in [-0.3, -0.25) is 20.1 Å². The highest BCUT2D eigenvalue weighted by Crippen LogP contribution is 2.32. The van der Waals surface area contributed by atoms with E-state index in [4.69, 9.17) is 0 Å². The molecule has 0 spiro atoms. The Morgan fingerprint density at radius 3 is 2.45 bits per heavy atom. The Hall–Kier alpha value is -2.51. The van der Waals surface area contributed by atoms with E-state index in [0.29, 0.717) is 11.7 Å². The van der Waals surface area contributed by atoms with Crippen molar-refractivity contribution in [1.29, 1.82) is 0 Å². The molecule has 2 heterocycles. The second kappa shape index (κ2) is 9.33. The number of aryl methyl sites for hydroxylation is 1. The number of aliphatic hydroxyl groups excluding tert-OH is 1. The predicted octanol–water partition coefficient (Wildman–Crippen LogP) is 3.75. The number of hydrogen-bond acceptors (Lipinski definition) is 5. The molecule has 1 atom stereocenters. The van der Waals surface area contributed by atoms with Gasteiger partial charge in [-0.05, 0) is 44.2 Å². The van der Waals surface area contributed by atoms with Gasteiger partial charge in [0.2, 0.25) is 0 Å². The summed E-state index contributed by atoms with van der Waals surface area (Å²) in [5.74, 6) is 0.729. The molecule has 1 aromatic heterocycles. The Bertz CT molecular complexity index is 814. The summed E-state index contributed by atoms with van der Waals surface area (Å²) in [5, 5.41) is 12.8. The number of rotatable bonds is 5. The smallest absolute Gasteiger partial charge is 0.327 e. The normalized spacial score (nSPS) is 16.6. The highest BCUT2D eigenvalue weighted by Gasteiger charge is 2.32. The van der Waals surface area contributed by atoms with Crippen LogP contribution in [0.3, 0.4) is 0 Å². The number of amides is 2. The fourth-order valence-corrected chi connectivity index (χ4v) is 3.81. The molecule has 1 saturated heterocycles. The van der Waals surface area contributed by atoms with Crippen molar-refractivity contribution in [3.05, 3.63) is 47.9 Å². The third kappa shape index (κ3) is 5.10. The van der Waals surface area contributed by atoms with Crippen molar-refractivity contribution in [2.75, 3.05) is 23.3 Å². The Labute approximate surface area is 172 Å². The van der Waals surface area contributed by atoms with E-state index in [2.05, 4.69) is 35.2 Å². The van der Waals surface area contributed by atoms with Crippen LogP contribution in [-0.2, 0) is 0 Å². The standard InChI is InChI=1S/C22H31N5O2/c1-15(2)19-7-5-6-8-20(19)27(18-9-11-26(12-10-18)17(4)28)22(29)25-21-14-23-16(3)13-24-21/h5-8,13-15,17-18,28H,9-12H2,1-4H3,(H,24,25,29). The van der Waals surface area contributed by atoms with E-state index in [1.54, 1.807) is 19.3 Å². The lowest BCUT2D eigenvalue weighted by molar-refractivity contribution is 0.00356. The fourth-order valence-electron chi connectivity index (χ4n) is 3.81. The molecule has 1 fully saturated rings. The van der Waals surface area contributed by atoms with Crippen LogP contribution in [0.1, 0.15) is 50.8 Å². The van der Waals surface area contributed by atoms with Crippen molar-refractivity contribution in [1.82, 2.24) is 14.9 Å². The quantitative estimate of drug-likeness (QED) is 0.803. The van der Waals surface area contributed by atoms with E-state index in [1.807, 2.05) is 34.9 Å². The number of carbonyl (C=O) groups excluding carboxylic acids is 1. The van der Waals surface area contributed by atoms with E-state index in [0.717, 1.165) is 42.9 Å². The van der Waals surface area contributed by atoms with E-state index < -0.39 is 6.23 Å². The van der Waals surface area contributed by atoms with Crippen LogP contribution < -0.4 is 10.2 Å². The van der Waals surface area contributed by atoms with Crippen LogP contribution in [0.25, 0.3) is 0 Å². The topological polar surface area (TPSA) is 81.6 Å². The number of likely N-dealkylation sites (tertiary alicyclic amines) is 1. The van der Waals surface area contributed by atoms with Crippen molar-refractivity contribution >= 4 is 17.5 Å². The third-order valence-electron chi connectivity index (χ3n) is 5.45. The number of benzene rings is 1. The molecule has 29 heavy (non-hydrogen) atoms. The number of piperidine rings is 1. The molecular weight excluding hydrogens is 366 g/mol. The van der Waals surface area contributed by atoms with Crippen LogP contribution in [0.2, 0.25) is 0 Å². The predicted molar refractivity (Wildman–Crippen MR) is 115 cm³/mol. The summed E-state index contributed by atoms with van der Waals surface area (Å²) >= 11 is 0. The van der Waals surface area contributed by atoms with Crippen LogP contribution in [0.5, 0.6) is 0 Å². The fraction of sp³-hybridized carbons (Fsp3) is 0.500. The van der Waals surface area contributed by atoms with Gasteiger partial charge in [-0.1, -0.05) is 32.0 Å². The number of urea groups is 1. The number of hydrogen-bond donors (Lipinski definition) is 2. The lowest BCUT2D eigenvalue weighted by atomic mass is 9.97. The SMILES string of the molecule is Cc1cnc(NC(=O)N(c2ccccc2C(C)C)C2CCN(C(C)O)CC2)cn1. The number of para-hydroxylation sites is 1. The first-order chi connectivity index (χ1) is 13.9. The summed E-state index contributed by atoms with van der Waals surface area (Å²) in [6.07, 6.45) is 4.34. The second-order valence-corrected chi connectivity index (χ2v) is 7.96. The lowest BCUT2D eigenvalue weighted by Gasteiger charge is -2.40. The molecule has 0 bridgehead atoms. The summed E-state index contributed by atoms with van der Waals surface area (Å²) in [7, 11) is 0. The Kier molecular flexibility index (Phi) is 6.82. The summed E-state index contributed by atoms with van der Waals surface area (Å²) in [6.45, 7) is 9.42. The largest absolute Gasteiger partial charge is 0.379 e. The average molecular weight is 398 g/mol. The van der Waals surface area contributed by atoms with Crippen molar-refractivity contribution in [2.45, 2.75) is 58.7 Å². The molecule has 1 aromatic carbocycles. The summed E-state index contributed by atoms with van der Waals surface area (Å²) in [4.78, 5) is 25.8. The first-order valence-corrected chi connectivity index (χ1v) is 10.3. The highest BCUT2D eigenvalue weighted by atomic mass is 16.3. The minimum absolute atomic E-state index is 0.0447.